The lowest BCUT2D eigenvalue weighted by atomic mass is 10.2. The summed E-state index contributed by atoms with van der Waals surface area (Å²) < 4.78 is 1.01. The molecule has 1 atom stereocenters. The van der Waals surface area contributed by atoms with Crippen LogP contribution in [0.15, 0.2) is 28.7 Å². The first-order chi connectivity index (χ1) is 5.91. The Labute approximate surface area is 101 Å². The Kier molecular flexibility index (Phi) is 4.14. The highest BCUT2D eigenvalue weighted by molar-refractivity contribution is 9.10. The van der Waals surface area contributed by atoms with Crippen molar-refractivity contribution in [3.8, 4) is 0 Å². The Morgan fingerprint density at radius 3 is 2.38 bits per heavy atom. The predicted octanol–water partition coefficient (Wildman–Crippen LogP) is 4.75. The molecule has 0 radical (unpaired) electrons. The molecule has 72 valence electrons. The van der Waals surface area contributed by atoms with Gasteiger partial charge in [-0.25, -0.2) is 0 Å². The average molecular weight is 319 g/mol. The fourth-order valence-electron chi connectivity index (χ4n) is 0.965. The molecular formula is C8H8BrCl3Si. The van der Waals surface area contributed by atoms with Crippen LogP contribution in [-0.4, -0.2) is 6.00 Å². The Bertz CT molecular complexity index is 298. The van der Waals surface area contributed by atoms with Crippen molar-refractivity contribution in [2.24, 2.45) is 0 Å². The van der Waals surface area contributed by atoms with Crippen LogP contribution in [-0.2, 0) is 0 Å². The van der Waals surface area contributed by atoms with Crippen molar-refractivity contribution in [1.29, 1.82) is 0 Å². The first kappa shape index (κ1) is 11.9. The van der Waals surface area contributed by atoms with Gasteiger partial charge in [-0.1, -0.05) is 35.0 Å². The van der Waals surface area contributed by atoms with Gasteiger partial charge < -0.3 is 0 Å². The van der Waals surface area contributed by atoms with Crippen molar-refractivity contribution in [2.45, 2.75) is 12.5 Å². The third kappa shape index (κ3) is 3.44. The molecule has 1 rings (SSSR count). The Balaban J connectivity index is 2.96. The zero-order chi connectivity index (χ0) is 10.1. The van der Waals surface area contributed by atoms with Crippen LogP contribution in [0.5, 0.6) is 0 Å². The normalized spacial score (nSPS) is 14.2. The van der Waals surface area contributed by atoms with Crippen molar-refractivity contribution in [3.63, 3.8) is 0 Å². The zero-order valence-electron chi connectivity index (χ0n) is 6.90. The highest BCUT2D eigenvalue weighted by atomic mass is 79.9. The number of rotatable bonds is 2. The van der Waals surface area contributed by atoms with Gasteiger partial charge in [-0.15, -0.1) is 33.2 Å². The minimum absolute atomic E-state index is 0.0231. The van der Waals surface area contributed by atoms with Gasteiger partial charge in [0.2, 0.25) is 0 Å². The lowest BCUT2D eigenvalue weighted by Gasteiger charge is -2.17. The molecule has 0 aromatic heterocycles. The molecule has 0 unspecified atom stereocenters. The van der Waals surface area contributed by atoms with Gasteiger partial charge in [0.15, 0.2) is 0 Å². The molecule has 0 fully saturated rings. The maximum Gasteiger partial charge on any atom is 0.348 e. The molecule has 0 aliphatic rings. The number of halogens is 4. The van der Waals surface area contributed by atoms with Gasteiger partial charge in [0.05, 0.1) is 0 Å². The number of hydrogen-bond acceptors (Lipinski definition) is 0. The molecule has 0 nitrogen and oxygen atoms in total. The highest BCUT2D eigenvalue weighted by Gasteiger charge is 2.34. The molecule has 0 aliphatic carbocycles. The van der Waals surface area contributed by atoms with Gasteiger partial charge in [-0.3, -0.25) is 0 Å². The second-order valence-electron chi connectivity index (χ2n) is 2.82. The molecular weight excluding hydrogens is 310 g/mol. The van der Waals surface area contributed by atoms with Crippen molar-refractivity contribution in [1.82, 2.24) is 0 Å². The molecule has 0 bridgehead atoms. The summed E-state index contributed by atoms with van der Waals surface area (Å²) >= 11 is 21.2. The van der Waals surface area contributed by atoms with Crippen LogP contribution in [0.4, 0.5) is 0 Å². The molecule has 5 heteroatoms. The van der Waals surface area contributed by atoms with E-state index in [9.17, 15) is 0 Å². The Morgan fingerprint density at radius 2 is 1.92 bits per heavy atom. The van der Waals surface area contributed by atoms with E-state index in [1.165, 1.54) is 0 Å². The lowest BCUT2D eigenvalue weighted by molar-refractivity contribution is 1.06. The molecule has 0 heterocycles. The third-order valence-corrected chi connectivity index (χ3v) is 6.59. The maximum atomic E-state index is 5.92. The van der Waals surface area contributed by atoms with Crippen LogP contribution in [0.1, 0.15) is 18.0 Å². The Morgan fingerprint density at radius 1 is 1.31 bits per heavy atom. The number of hydrogen-bond donors (Lipinski definition) is 0. The lowest BCUT2D eigenvalue weighted by Crippen LogP contribution is -2.20. The molecule has 0 saturated heterocycles. The van der Waals surface area contributed by atoms with Crippen molar-refractivity contribution < 1.29 is 0 Å². The quantitative estimate of drug-likeness (QED) is 0.545. The average Bonchev–Trinajstić information content (AvgIpc) is 2.01. The van der Waals surface area contributed by atoms with E-state index in [0.29, 0.717) is 0 Å². The van der Waals surface area contributed by atoms with Crippen LogP contribution < -0.4 is 0 Å². The van der Waals surface area contributed by atoms with Gasteiger partial charge in [-0.05, 0) is 17.7 Å². The number of benzene rings is 1. The van der Waals surface area contributed by atoms with Crippen molar-refractivity contribution in [2.75, 3.05) is 0 Å². The summed E-state index contributed by atoms with van der Waals surface area (Å²) in [5.41, 5.74) is 1.09. The topological polar surface area (TPSA) is 0 Å². The fourth-order valence-corrected chi connectivity index (χ4v) is 3.07. The van der Waals surface area contributed by atoms with Gasteiger partial charge in [0.25, 0.3) is 0 Å². The molecule has 13 heavy (non-hydrogen) atoms. The molecule has 1 aromatic carbocycles. The zero-order valence-corrected chi connectivity index (χ0v) is 11.8. The third-order valence-electron chi connectivity index (χ3n) is 1.84. The van der Waals surface area contributed by atoms with E-state index in [2.05, 4.69) is 15.9 Å². The van der Waals surface area contributed by atoms with E-state index in [1.807, 2.05) is 31.2 Å². The first-order valence-corrected chi connectivity index (χ1v) is 9.64. The predicted molar refractivity (Wildman–Crippen MR) is 65.9 cm³/mol. The van der Waals surface area contributed by atoms with Crippen molar-refractivity contribution in [3.05, 3.63) is 34.3 Å². The maximum absolute atomic E-state index is 5.92. The van der Waals surface area contributed by atoms with Crippen LogP contribution in [0.2, 0.25) is 0 Å². The van der Waals surface area contributed by atoms with Gasteiger partial charge in [0.1, 0.15) is 0 Å². The van der Waals surface area contributed by atoms with Crippen LogP contribution in [0.25, 0.3) is 0 Å². The summed E-state index contributed by atoms with van der Waals surface area (Å²) in [6.45, 7) is 1.95. The van der Waals surface area contributed by atoms with Gasteiger partial charge in [0, 0.05) is 10.0 Å². The fraction of sp³-hybridized carbons (Fsp3) is 0.250. The summed E-state index contributed by atoms with van der Waals surface area (Å²) in [5, 5.41) is 0. The largest absolute Gasteiger partial charge is 0.348 e. The summed E-state index contributed by atoms with van der Waals surface area (Å²) in [7, 11) is 0. The summed E-state index contributed by atoms with van der Waals surface area (Å²) in [6.07, 6.45) is 0. The first-order valence-electron chi connectivity index (χ1n) is 3.73. The molecule has 0 spiro atoms. The van der Waals surface area contributed by atoms with Gasteiger partial charge in [-0.2, -0.15) is 0 Å². The molecule has 0 N–H and O–H groups in total. The van der Waals surface area contributed by atoms with E-state index in [-0.39, 0.29) is 5.54 Å². The summed E-state index contributed by atoms with van der Waals surface area (Å²) in [5.74, 6) is 0. The SMILES string of the molecule is C[C@H](c1cccc(Br)c1)[Si](Cl)(Cl)Cl. The van der Waals surface area contributed by atoms with E-state index >= 15 is 0 Å². The summed E-state index contributed by atoms with van der Waals surface area (Å²) in [6, 6.07) is 5.23. The van der Waals surface area contributed by atoms with Crippen LogP contribution >= 0.6 is 49.2 Å². The Hall–Kier alpha value is 0.787. The molecule has 0 amide bonds. The van der Waals surface area contributed by atoms with Gasteiger partial charge >= 0.3 is 6.00 Å². The van der Waals surface area contributed by atoms with Crippen molar-refractivity contribution >= 4 is 55.2 Å². The monoisotopic (exact) mass is 316 g/mol. The van der Waals surface area contributed by atoms with E-state index in [0.717, 1.165) is 10.0 Å². The second kappa shape index (κ2) is 4.54. The molecule has 0 saturated carbocycles. The second-order valence-corrected chi connectivity index (χ2v) is 12.8. The van der Waals surface area contributed by atoms with E-state index in [1.54, 1.807) is 0 Å². The minimum atomic E-state index is -2.63. The van der Waals surface area contributed by atoms with E-state index in [4.69, 9.17) is 33.2 Å². The van der Waals surface area contributed by atoms with Crippen LogP contribution in [0.3, 0.4) is 0 Å². The van der Waals surface area contributed by atoms with E-state index < -0.39 is 6.00 Å². The molecule has 1 aromatic rings. The standard InChI is InChI=1S/C8H8BrCl3Si/c1-6(13(10,11)12)7-3-2-4-8(9)5-7/h2-6H,1H3/t6-/m1/s1. The van der Waals surface area contributed by atoms with Crippen LogP contribution in [0, 0.1) is 0 Å². The summed E-state index contributed by atoms with van der Waals surface area (Å²) in [4.78, 5) is 0. The smallest absolute Gasteiger partial charge is 0.125 e. The minimum Gasteiger partial charge on any atom is -0.125 e. The highest BCUT2D eigenvalue weighted by Crippen LogP contribution is 2.36. The molecule has 0 aliphatic heterocycles.